The van der Waals surface area contributed by atoms with Crippen molar-refractivity contribution < 1.29 is 22.4 Å². The molecule has 0 unspecified atom stereocenters. The molecule has 0 bridgehead atoms. The maximum Gasteiger partial charge on any atom is 0.417 e. The normalized spacial score (nSPS) is 11.6. The molecule has 10 heteroatoms. The molecule has 4 aromatic rings. The largest absolute Gasteiger partial charge is 0.417 e. The molecule has 0 aliphatic rings. The van der Waals surface area contributed by atoms with Crippen LogP contribution < -0.4 is 11.1 Å². The van der Waals surface area contributed by atoms with E-state index in [4.69, 9.17) is 5.73 Å². The summed E-state index contributed by atoms with van der Waals surface area (Å²) in [5, 5.41) is 2.17. The minimum absolute atomic E-state index is 0.0154. The molecule has 3 aromatic heterocycles. The Kier molecular flexibility index (Phi) is 4.86. The Morgan fingerprint density at radius 1 is 1.07 bits per heavy atom. The van der Waals surface area contributed by atoms with Crippen LogP contribution in [0.1, 0.15) is 15.2 Å². The van der Waals surface area contributed by atoms with Crippen LogP contribution >= 0.6 is 11.3 Å². The minimum atomic E-state index is -4.71. The van der Waals surface area contributed by atoms with Crippen molar-refractivity contribution in [3.8, 4) is 11.3 Å². The number of nitrogens with two attached hydrogens (primary N) is 1. The second-order valence-electron chi connectivity index (χ2n) is 6.27. The highest BCUT2D eigenvalue weighted by Crippen LogP contribution is 2.43. The number of rotatable bonds is 3. The third-order valence-corrected chi connectivity index (χ3v) is 5.39. The molecule has 0 spiro atoms. The minimum Gasteiger partial charge on any atom is -0.397 e. The SMILES string of the molecule is Nc1c(C(=O)Nc2ccc(F)cc2)sc2nc(-c3ccncc3)cc(C(F)(F)F)c12. The average Bonchev–Trinajstić information content (AvgIpc) is 3.05. The number of aromatic nitrogens is 2. The van der Waals surface area contributed by atoms with E-state index in [2.05, 4.69) is 15.3 Å². The van der Waals surface area contributed by atoms with E-state index in [1.165, 1.54) is 36.7 Å². The maximum atomic E-state index is 13.8. The van der Waals surface area contributed by atoms with Gasteiger partial charge in [0.2, 0.25) is 0 Å². The van der Waals surface area contributed by atoms with Gasteiger partial charge in [-0.25, -0.2) is 9.37 Å². The summed E-state index contributed by atoms with van der Waals surface area (Å²) in [6, 6.07) is 8.93. The molecular weight excluding hydrogens is 420 g/mol. The molecular formula is C20H12F4N4OS. The molecule has 0 saturated carbocycles. The van der Waals surface area contributed by atoms with E-state index in [-0.39, 0.29) is 32.2 Å². The number of amides is 1. The van der Waals surface area contributed by atoms with Gasteiger partial charge in [0.05, 0.1) is 16.9 Å². The fourth-order valence-electron chi connectivity index (χ4n) is 2.90. The smallest absolute Gasteiger partial charge is 0.397 e. The molecule has 4 rings (SSSR count). The Morgan fingerprint density at radius 2 is 1.73 bits per heavy atom. The van der Waals surface area contributed by atoms with Gasteiger partial charge < -0.3 is 11.1 Å². The number of nitrogens with one attached hydrogen (secondary N) is 1. The number of nitrogen functional groups attached to an aromatic ring is 1. The summed E-state index contributed by atoms with van der Waals surface area (Å²) in [5.41, 5.74) is 5.47. The third-order valence-electron chi connectivity index (χ3n) is 4.29. The highest BCUT2D eigenvalue weighted by atomic mass is 32.1. The van der Waals surface area contributed by atoms with Crippen LogP contribution in [0, 0.1) is 5.82 Å². The van der Waals surface area contributed by atoms with Crippen molar-refractivity contribution in [2.45, 2.75) is 6.18 Å². The predicted octanol–water partition coefficient (Wildman–Crippen LogP) is 5.35. The number of carbonyl (C=O) groups excluding carboxylic acids is 1. The van der Waals surface area contributed by atoms with Crippen LogP contribution in [0.3, 0.4) is 0 Å². The Bertz CT molecular complexity index is 1240. The van der Waals surface area contributed by atoms with Gasteiger partial charge in [0, 0.05) is 29.0 Å². The Balaban J connectivity index is 1.84. The van der Waals surface area contributed by atoms with Gasteiger partial charge in [-0.15, -0.1) is 11.3 Å². The molecule has 0 fully saturated rings. The summed E-state index contributed by atoms with van der Waals surface area (Å²) >= 11 is 0.756. The van der Waals surface area contributed by atoms with Gasteiger partial charge in [-0.1, -0.05) is 0 Å². The number of hydrogen-bond acceptors (Lipinski definition) is 5. The number of benzene rings is 1. The molecule has 3 N–H and O–H groups in total. The molecule has 1 amide bonds. The van der Waals surface area contributed by atoms with E-state index in [0.29, 0.717) is 5.56 Å². The lowest BCUT2D eigenvalue weighted by Gasteiger charge is -2.11. The standard InChI is InChI=1S/C20H12F4N4OS/c21-11-1-3-12(4-2-11)27-18(29)17-16(25)15-13(20(22,23)24)9-14(28-19(15)30-17)10-5-7-26-8-6-10/h1-9H,25H2,(H,27,29). The number of carbonyl (C=O) groups is 1. The summed E-state index contributed by atoms with van der Waals surface area (Å²) in [4.78, 5) is 20.6. The van der Waals surface area contributed by atoms with Gasteiger partial charge >= 0.3 is 6.18 Å². The lowest BCUT2D eigenvalue weighted by atomic mass is 10.1. The predicted molar refractivity (Wildman–Crippen MR) is 107 cm³/mol. The first-order valence-corrected chi connectivity index (χ1v) is 9.33. The number of anilines is 2. The van der Waals surface area contributed by atoms with Crippen molar-refractivity contribution >= 4 is 38.8 Å². The van der Waals surface area contributed by atoms with Crippen LogP contribution in [0.4, 0.5) is 28.9 Å². The fraction of sp³-hybridized carbons (Fsp3) is 0.0500. The van der Waals surface area contributed by atoms with E-state index in [1.54, 1.807) is 0 Å². The molecule has 0 aliphatic heterocycles. The van der Waals surface area contributed by atoms with E-state index in [9.17, 15) is 22.4 Å². The monoisotopic (exact) mass is 432 g/mol. The summed E-state index contributed by atoms with van der Waals surface area (Å²) in [7, 11) is 0. The zero-order valence-electron chi connectivity index (χ0n) is 15.0. The zero-order chi connectivity index (χ0) is 21.5. The highest BCUT2D eigenvalue weighted by Gasteiger charge is 2.36. The van der Waals surface area contributed by atoms with Gasteiger partial charge in [-0.05, 0) is 42.5 Å². The third kappa shape index (κ3) is 3.69. The summed E-state index contributed by atoms with van der Waals surface area (Å²) in [6.45, 7) is 0. The number of thiophene rings is 1. The van der Waals surface area contributed by atoms with E-state index < -0.39 is 23.5 Å². The highest BCUT2D eigenvalue weighted by molar-refractivity contribution is 7.21. The zero-order valence-corrected chi connectivity index (χ0v) is 15.8. The van der Waals surface area contributed by atoms with Crippen LogP contribution in [0.5, 0.6) is 0 Å². The number of fused-ring (bicyclic) bond motifs is 1. The van der Waals surface area contributed by atoms with Crippen LogP contribution in [0.2, 0.25) is 0 Å². The van der Waals surface area contributed by atoms with Crippen molar-refractivity contribution in [2.24, 2.45) is 0 Å². The molecule has 0 atom stereocenters. The average molecular weight is 432 g/mol. The van der Waals surface area contributed by atoms with Crippen molar-refractivity contribution in [1.29, 1.82) is 0 Å². The number of halogens is 4. The Morgan fingerprint density at radius 3 is 2.37 bits per heavy atom. The van der Waals surface area contributed by atoms with Gasteiger partial charge in [0.25, 0.3) is 5.91 Å². The first-order valence-electron chi connectivity index (χ1n) is 8.51. The van der Waals surface area contributed by atoms with E-state index >= 15 is 0 Å². The molecule has 0 aliphatic carbocycles. The topological polar surface area (TPSA) is 80.9 Å². The van der Waals surface area contributed by atoms with Crippen molar-refractivity contribution in [1.82, 2.24) is 9.97 Å². The first-order chi connectivity index (χ1) is 14.2. The van der Waals surface area contributed by atoms with Crippen molar-refractivity contribution in [3.05, 3.63) is 71.1 Å². The lowest BCUT2D eigenvalue weighted by Crippen LogP contribution is -2.12. The number of nitrogens with zero attached hydrogens (tertiary/aromatic N) is 2. The van der Waals surface area contributed by atoms with Crippen LogP contribution in [0.15, 0.2) is 54.9 Å². The fourth-order valence-corrected chi connectivity index (χ4v) is 3.92. The molecule has 30 heavy (non-hydrogen) atoms. The van der Waals surface area contributed by atoms with Crippen LogP contribution in [-0.2, 0) is 6.18 Å². The quantitative estimate of drug-likeness (QED) is 0.428. The lowest BCUT2D eigenvalue weighted by molar-refractivity contribution is -0.136. The van der Waals surface area contributed by atoms with Crippen LogP contribution in [-0.4, -0.2) is 15.9 Å². The van der Waals surface area contributed by atoms with Crippen LogP contribution in [0.25, 0.3) is 21.5 Å². The van der Waals surface area contributed by atoms with Crippen molar-refractivity contribution in [2.75, 3.05) is 11.1 Å². The molecule has 1 aromatic carbocycles. The van der Waals surface area contributed by atoms with Gasteiger partial charge in [-0.2, -0.15) is 13.2 Å². The summed E-state index contributed by atoms with van der Waals surface area (Å²) in [5.74, 6) is -1.20. The molecule has 0 radical (unpaired) electrons. The Hall–Kier alpha value is -3.53. The van der Waals surface area contributed by atoms with Gasteiger partial charge in [-0.3, -0.25) is 9.78 Å². The van der Waals surface area contributed by atoms with Crippen molar-refractivity contribution in [3.63, 3.8) is 0 Å². The Labute approximate surface area is 171 Å². The number of alkyl halides is 3. The number of pyridine rings is 2. The van der Waals surface area contributed by atoms with Gasteiger partial charge in [0.1, 0.15) is 15.5 Å². The second-order valence-corrected chi connectivity index (χ2v) is 7.27. The number of hydrogen-bond donors (Lipinski definition) is 2. The first kappa shape index (κ1) is 19.8. The molecule has 3 heterocycles. The molecule has 152 valence electrons. The maximum absolute atomic E-state index is 13.8. The van der Waals surface area contributed by atoms with E-state index in [0.717, 1.165) is 29.5 Å². The van der Waals surface area contributed by atoms with E-state index in [1.807, 2.05) is 0 Å². The molecule has 5 nitrogen and oxygen atoms in total. The summed E-state index contributed by atoms with van der Waals surface area (Å²) in [6.07, 6.45) is -1.82. The summed E-state index contributed by atoms with van der Waals surface area (Å²) < 4.78 is 54.3. The second kappa shape index (κ2) is 7.38. The van der Waals surface area contributed by atoms with Gasteiger partial charge in [0.15, 0.2) is 0 Å². The molecule has 0 saturated heterocycles.